The van der Waals surface area contributed by atoms with Gasteiger partial charge in [-0.2, -0.15) is 0 Å². The van der Waals surface area contributed by atoms with Crippen LogP contribution in [-0.4, -0.2) is 55.2 Å². The number of hydrogen-bond acceptors (Lipinski definition) is 6. The van der Waals surface area contributed by atoms with Crippen LogP contribution in [0.2, 0.25) is 0 Å². The van der Waals surface area contributed by atoms with E-state index in [2.05, 4.69) is 9.88 Å². The molecule has 3 aromatic carbocycles. The first-order valence-corrected chi connectivity index (χ1v) is 12.1. The second kappa shape index (κ2) is 10.5. The molecule has 0 atom stereocenters. The quantitative estimate of drug-likeness (QED) is 0.346. The van der Waals surface area contributed by atoms with E-state index in [1.165, 1.54) is 11.0 Å². The van der Waals surface area contributed by atoms with E-state index in [4.69, 9.17) is 9.47 Å². The highest BCUT2D eigenvalue weighted by Gasteiger charge is 2.26. The molecule has 0 unspecified atom stereocenters. The number of rotatable bonds is 7. The van der Waals surface area contributed by atoms with Crippen molar-refractivity contribution in [3.05, 3.63) is 83.9 Å². The zero-order valence-corrected chi connectivity index (χ0v) is 19.6. The first-order valence-electron chi connectivity index (χ1n) is 11.3. The van der Waals surface area contributed by atoms with Crippen molar-refractivity contribution < 1.29 is 23.0 Å². The average molecular weight is 496 g/mol. The van der Waals surface area contributed by atoms with Crippen LogP contribution in [0, 0.1) is 11.6 Å². The fraction of sp³-hybridized carbons (Fsp3) is 0.231. The van der Waals surface area contributed by atoms with Crippen molar-refractivity contribution in [3.8, 4) is 11.5 Å². The molecular formula is C26H23F2N3O3S. The lowest BCUT2D eigenvalue weighted by Crippen LogP contribution is -2.43. The molecule has 35 heavy (non-hydrogen) atoms. The Morgan fingerprint density at radius 1 is 1.06 bits per heavy atom. The first kappa shape index (κ1) is 23.3. The lowest BCUT2D eigenvalue weighted by Gasteiger charge is -2.29. The summed E-state index contributed by atoms with van der Waals surface area (Å²) in [5.74, 6) is -0.762. The van der Waals surface area contributed by atoms with Crippen molar-refractivity contribution in [1.82, 2.24) is 9.88 Å². The zero-order chi connectivity index (χ0) is 24.2. The third kappa shape index (κ3) is 5.32. The average Bonchev–Trinajstić information content (AvgIpc) is 3.30. The molecule has 0 spiro atoms. The molecule has 5 rings (SSSR count). The van der Waals surface area contributed by atoms with Gasteiger partial charge in [-0.15, -0.1) is 0 Å². The smallest absolute Gasteiger partial charge is 0.263 e. The second-order valence-corrected chi connectivity index (χ2v) is 9.06. The molecule has 4 aromatic rings. The fourth-order valence-corrected chi connectivity index (χ4v) is 4.93. The number of aromatic nitrogens is 1. The number of benzene rings is 3. The van der Waals surface area contributed by atoms with Gasteiger partial charge in [0.1, 0.15) is 22.8 Å². The molecule has 180 valence electrons. The van der Waals surface area contributed by atoms with Gasteiger partial charge in [-0.05, 0) is 30.3 Å². The first-order chi connectivity index (χ1) is 17.1. The molecule has 0 saturated carbocycles. The fourth-order valence-electron chi connectivity index (χ4n) is 3.90. The molecule has 2 heterocycles. The largest absolute Gasteiger partial charge is 0.457 e. The normalized spacial score (nSPS) is 14.2. The Morgan fingerprint density at radius 3 is 2.60 bits per heavy atom. The van der Waals surface area contributed by atoms with E-state index in [1.54, 1.807) is 24.3 Å². The minimum absolute atomic E-state index is 0.0457. The number of amides is 1. The summed E-state index contributed by atoms with van der Waals surface area (Å²) >= 11 is 1.08. The Morgan fingerprint density at radius 2 is 1.80 bits per heavy atom. The summed E-state index contributed by atoms with van der Waals surface area (Å²) in [5, 5.41) is 0.303. The van der Waals surface area contributed by atoms with E-state index in [0.717, 1.165) is 30.5 Å². The Hall–Kier alpha value is -3.40. The molecule has 1 saturated heterocycles. The zero-order valence-electron chi connectivity index (χ0n) is 18.8. The van der Waals surface area contributed by atoms with Crippen LogP contribution in [0.15, 0.2) is 66.7 Å². The van der Waals surface area contributed by atoms with Crippen molar-refractivity contribution in [2.24, 2.45) is 0 Å². The standard InChI is InChI=1S/C26H23F2N3O3S/c27-18-16-21(28)24-23(17-18)35-26(29-24)31(11-10-30-12-14-33-15-13-30)25(32)20-8-4-5-9-22(20)34-19-6-2-1-3-7-19/h1-9,16-17H,10-15H2. The Balaban J connectivity index is 1.49. The summed E-state index contributed by atoms with van der Waals surface area (Å²) in [4.78, 5) is 22.0. The van der Waals surface area contributed by atoms with Crippen LogP contribution >= 0.6 is 11.3 Å². The van der Waals surface area contributed by atoms with Crippen LogP contribution < -0.4 is 9.64 Å². The van der Waals surface area contributed by atoms with Gasteiger partial charge in [0.15, 0.2) is 10.9 Å². The van der Waals surface area contributed by atoms with Gasteiger partial charge >= 0.3 is 0 Å². The van der Waals surface area contributed by atoms with Gasteiger partial charge in [-0.25, -0.2) is 13.8 Å². The Kier molecular flexibility index (Phi) is 6.98. The number of thiazole rings is 1. The molecule has 1 aliphatic heterocycles. The van der Waals surface area contributed by atoms with Crippen molar-refractivity contribution in [3.63, 3.8) is 0 Å². The molecule has 0 N–H and O–H groups in total. The van der Waals surface area contributed by atoms with Gasteiger partial charge in [0, 0.05) is 32.2 Å². The van der Waals surface area contributed by atoms with E-state index in [-0.39, 0.29) is 11.4 Å². The maximum absolute atomic E-state index is 14.4. The summed E-state index contributed by atoms with van der Waals surface area (Å²) in [6, 6.07) is 18.2. The monoisotopic (exact) mass is 495 g/mol. The van der Waals surface area contributed by atoms with Crippen molar-refractivity contribution in [1.29, 1.82) is 0 Å². The predicted octanol–water partition coefficient (Wildman–Crippen LogP) is 5.35. The van der Waals surface area contributed by atoms with Crippen molar-refractivity contribution in [2.75, 3.05) is 44.3 Å². The SMILES string of the molecule is O=C(c1ccccc1Oc1ccccc1)N(CCN1CCOCC1)c1nc2c(F)cc(F)cc2s1. The van der Waals surface area contributed by atoms with Gasteiger partial charge in [0.2, 0.25) is 0 Å². The number of hydrogen-bond donors (Lipinski definition) is 0. The lowest BCUT2D eigenvalue weighted by molar-refractivity contribution is 0.0391. The van der Waals surface area contributed by atoms with Crippen LogP contribution in [0.3, 0.4) is 0 Å². The molecular weight excluding hydrogens is 472 g/mol. The molecule has 1 amide bonds. The lowest BCUT2D eigenvalue weighted by atomic mass is 10.1. The number of fused-ring (bicyclic) bond motifs is 1. The Bertz CT molecular complexity index is 1330. The number of carbonyl (C=O) groups excluding carboxylic acids is 1. The molecule has 1 aliphatic rings. The highest BCUT2D eigenvalue weighted by atomic mass is 32.1. The van der Waals surface area contributed by atoms with Crippen LogP contribution in [-0.2, 0) is 4.74 Å². The van der Waals surface area contributed by atoms with E-state index in [9.17, 15) is 13.6 Å². The minimum atomic E-state index is -0.754. The maximum atomic E-state index is 14.4. The number of anilines is 1. The maximum Gasteiger partial charge on any atom is 0.263 e. The topological polar surface area (TPSA) is 54.9 Å². The van der Waals surface area contributed by atoms with E-state index >= 15 is 0 Å². The summed E-state index contributed by atoms with van der Waals surface area (Å²) in [6.07, 6.45) is 0. The van der Waals surface area contributed by atoms with Crippen molar-refractivity contribution >= 4 is 32.6 Å². The number of carbonyl (C=O) groups is 1. The van der Waals surface area contributed by atoms with Gasteiger partial charge < -0.3 is 9.47 Å². The number of nitrogens with zero attached hydrogens (tertiary/aromatic N) is 3. The van der Waals surface area contributed by atoms with Gasteiger partial charge in [-0.1, -0.05) is 41.7 Å². The van der Waals surface area contributed by atoms with Gasteiger partial charge in [0.05, 0.1) is 23.5 Å². The second-order valence-electron chi connectivity index (χ2n) is 8.05. The summed E-state index contributed by atoms with van der Waals surface area (Å²) in [5.41, 5.74) is 0.397. The molecule has 0 bridgehead atoms. The summed E-state index contributed by atoms with van der Waals surface area (Å²) in [6.45, 7) is 3.69. The summed E-state index contributed by atoms with van der Waals surface area (Å²) < 4.78 is 40.0. The number of ether oxygens (including phenoxy) is 2. The van der Waals surface area contributed by atoms with Crippen LogP contribution in [0.4, 0.5) is 13.9 Å². The molecule has 1 aromatic heterocycles. The van der Waals surface area contributed by atoms with Crippen LogP contribution in [0.5, 0.6) is 11.5 Å². The van der Waals surface area contributed by atoms with Crippen LogP contribution in [0.25, 0.3) is 10.2 Å². The molecule has 0 aliphatic carbocycles. The van der Waals surface area contributed by atoms with E-state index in [0.29, 0.717) is 53.2 Å². The molecule has 1 fully saturated rings. The molecule has 0 radical (unpaired) electrons. The predicted molar refractivity (Wildman–Crippen MR) is 131 cm³/mol. The highest BCUT2D eigenvalue weighted by molar-refractivity contribution is 7.22. The highest BCUT2D eigenvalue weighted by Crippen LogP contribution is 2.33. The van der Waals surface area contributed by atoms with E-state index in [1.807, 2.05) is 30.3 Å². The third-order valence-corrected chi connectivity index (χ3v) is 6.74. The molecule has 9 heteroatoms. The van der Waals surface area contributed by atoms with Crippen LogP contribution in [0.1, 0.15) is 10.4 Å². The number of halogens is 2. The number of para-hydroxylation sites is 2. The minimum Gasteiger partial charge on any atom is -0.457 e. The van der Waals surface area contributed by atoms with Gasteiger partial charge in [0.25, 0.3) is 5.91 Å². The van der Waals surface area contributed by atoms with Gasteiger partial charge in [-0.3, -0.25) is 14.6 Å². The molecule has 6 nitrogen and oxygen atoms in total. The van der Waals surface area contributed by atoms with Crippen molar-refractivity contribution in [2.45, 2.75) is 0 Å². The van der Waals surface area contributed by atoms with E-state index < -0.39 is 11.6 Å². The Labute approximate surface area is 205 Å². The third-order valence-electron chi connectivity index (χ3n) is 5.71. The number of morpholine rings is 1. The summed E-state index contributed by atoms with van der Waals surface area (Å²) in [7, 11) is 0.